The first-order valence-corrected chi connectivity index (χ1v) is 17.1. The molecule has 7 aromatic carbocycles. The Morgan fingerprint density at radius 1 is 0.240 bits per heavy atom. The normalized spacial score (nSPS) is 12.5. The Morgan fingerprint density at radius 2 is 0.480 bits per heavy atom. The van der Waals surface area contributed by atoms with E-state index in [0.717, 1.165) is 22.3 Å². The number of hydrogen-bond acceptors (Lipinski definition) is 0. The molecule has 0 nitrogen and oxygen atoms in total. The Morgan fingerprint density at radius 3 is 0.780 bits per heavy atom. The van der Waals surface area contributed by atoms with Crippen molar-refractivity contribution in [3.63, 3.8) is 0 Å². The molecule has 7 rings (SSSR count). The van der Waals surface area contributed by atoms with Crippen molar-refractivity contribution < 1.29 is 0 Å². The summed E-state index contributed by atoms with van der Waals surface area (Å²) < 4.78 is 0. The molecule has 0 spiro atoms. The SMILES string of the molecule is C(=C(C=C(c1ccccc1)c1ccc(C(=CC(=Cc2ccccc2)c2ccccc2)c2ccccc2)cc1)c1ccccc1)c1ccccc1. The molecular weight excluding hydrogens is 601 g/mol. The van der Waals surface area contributed by atoms with Crippen LogP contribution in [-0.2, 0) is 0 Å². The molecule has 0 saturated heterocycles. The van der Waals surface area contributed by atoms with Crippen molar-refractivity contribution in [2.24, 2.45) is 0 Å². The van der Waals surface area contributed by atoms with Gasteiger partial charge in [0.1, 0.15) is 0 Å². The monoisotopic (exact) mass is 638 g/mol. The number of allylic oxidation sites excluding steroid dienone is 4. The molecule has 0 heterocycles. The third kappa shape index (κ3) is 8.13. The summed E-state index contributed by atoms with van der Waals surface area (Å²) in [6.45, 7) is 0. The minimum atomic E-state index is 1.16. The molecule has 0 aliphatic heterocycles. The van der Waals surface area contributed by atoms with Crippen LogP contribution < -0.4 is 0 Å². The van der Waals surface area contributed by atoms with Crippen LogP contribution in [0.25, 0.3) is 34.4 Å². The van der Waals surface area contributed by atoms with E-state index in [9.17, 15) is 0 Å². The third-order valence-electron chi connectivity index (χ3n) is 8.73. The summed E-state index contributed by atoms with van der Waals surface area (Å²) in [6.07, 6.45) is 9.20. The van der Waals surface area contributed by atoms with Crippen molar-refractivity contribution in [1.29, 1.82) is 0 Å². The molecule has 0 aliphatic carbocycles. The molecule has 7 aromatic rings. The highest BCUT2D eigenvalue weighted by atomic mass is 14.2. The van der Waals surface area contributed by atoms with Gasteiger partial charge >= 0.3 is 0 Å². The first kappa shape index (κ1) is 32.1. The molecule has 0 saturated carbocycles. The van der Waals surface area contributed by atoms with Gasteiger partial charge in [-0.1, -0.05) is 206 Å². The Balaban J connectivity index is 1.36. The fourth-order valence-corrected chi connectivity index (χ4v) is 6.18. The van der Waals surface area contributed by atoms with Crippen molar-refractivity contribution >= 4 is 34.4 Å². The van der Waals surface area contributed by atoms with Crippen LogP contribution in [0.4, 0.5) is 0 Å². The van der Waals surface area contributed by atoms with Crippen molar-refractivity contribution in [2.45, 2.75) is 0 Å². The topological polar surface area (TPSA) is 0 Å². The van der Waals surface area contributed by atoms with Crippen molar-refractivity contribution in [1.82, 2.24) is 0 Å². The second-order valence-electron chi connectivity index (χ2n) is 12.2. The lowest BCUT2D eigenvalue weighted by atomic mass is 9.89. The Bertz CT molecular complexity index is 2060. The molecule has 50 heavy (non-hydrogen) atoms. The molecule has 0 heteroatoms. The second-order valence-corrected chi connectivity index (χ2v) is 12.2. The van der Waals surface area contributed by atoms with Gasteiger partial charge in [0, 0.05) is 0 Å². The van der Waals surface area contributed by atoms with Gasteiger partial charge in [-0.15, -0.1) is 0 Å². The first-order valence-electron chi connectivity index (χ1n) is 17.1. The summed E-state index contributed by atoms with van der Waals surface area (Å²) in [4.78, 5) is 0. The van der Waals surface area contributed by atoms with Crippen molar-refractivity contribution in [2.75, 3.05) is 0 Å². The first-order chi connectivity index (χ1) is 24.8. The molecule has 0 aliphatic rings. The average Bonchev–Trinajstić information content (AvgIpc) is 3.20. The Hall–Kier alpha value is -6.50. The van der Waals surface area contributed by atoms with E-state index in [4.69, 9.17) is 0 Å². The maximum atomic E-state index is 2.33. The summed E-state index contributed by atoms with van der Waals surface area (Å²) in [5.74, 6) is 0. The van der Waals surface area contributed by atoms with Gasteiger partial charge in [0.15, 0.2) is 0 Å². The standard InChI is InChI=1S/C50H38/c1-7-19-39(20-8-1)35-47(41-23-11-3-12-24-41)37-49(43-27-15-5-16-28-43)45-31-33-46(34-32-45)50(44-29-17-6-18-30-44)38-48(42-25-13-4-14-26-42)36-40-21-9-2-10-22-40/h1-38H. The molecule has 238 valence electrons. The van der Waals surface area contributed by atoms with Crippen molar-refractivity contribution in [3.8, 4) is 0 Å². The predicted octanol–water partition coefficient (Wildman–Crippen LogP) is 13.0. The summed E-state index contributed by atoms with van der Waals surface area (Å²) >= 11 is 0. The maximum Gasteiger partial charge on any atom is -0.0105 e. The fraction of sp³-hybridized carbons (Fsp3) is 0. The molecule has 0 N–H and O–H groups in total. The van der Waals surface area contributed by atoms with Crippen LogP contribution in [0, 0.1) is 0 Å². The van der Waals surface area contributed by atoms with E-state index in [1.807, 2.05) is 0 Å². The summed E-state index contributed by atoms with van der Waals surface area (Å²) in [5, 5.41) is 0. The molecule has 0 aromatic heterocycles. The molecule has 0 radical (unpaired) electrons. The Kier molecular flexibility index (Phi) is 10.3. The van der Waals surface area contributed by atoms with Gasteiger partial charge in [0.2, 0.25) is 0 Å². The van der Waals surface area contributed by atoms with Crippen LogP contribution in [0.15, 0.2) is 218 Å². The van der Waals surface area contributed by atoms with Crippen LogP contribution in [0.5, 0.6) is 0 Å². The van der Waals surface area contributed by atoms with Crippen LogP contribution in [0.2, 0.25) is 0 Å². The molecule has 0 bridgehead atoms. The third-order valence-corrected chi connectivity index (χ3v) is 8.73. The lowest BCUT2D eigenvalue weighted by Gasteiger charge is -2.15. The summed E-state index contributed by atoms with van der Waals surface area (Å²) in [6, 6.07) is 72.8. The van der Waals surface area contributed by atoms with Crippen LogP contribution in [0.3, 0.4) is 0 Å². The van der Waals surface area contributed by atoms with Crippen LogP contribution in [-0.4, -0.2) is 0 Å². The lowest BCUT2D eigenvalue weighted by molar-refractivity contribution is 1.50. The minimum Gasteiger partial charge on any atom is -0.0622 e. The summed E-state index contributed by atoms with van der Waals surface area (Å²) in [7, 11) is 0. The molecule has 0 fully saturated rings. The number of benzene rings is 7. The van der Waals surface area contributed by atoms with Crippen molar-refractivity contribution in [3.05, 3.63) is 263 Å². The average molecular weight is 639 g/mol. The lowest BCUT2D eigenvalue weighted by Crippen LogP contribution is -1.94. The zero-order chi connectivity index (χ0) is 33.8. The number of hydrogen-bond donors (Lipinski definition) is 0. The highest BCUT2D eigenvalue weighted by Crippen LogP contribution is 2.33. The van der Waals surface area contributed by atoms with Gasteiger partial charge in [-0.3, -0.25) is 0 Å². The zero-order valence-corrected chi connectivity index (χ0v) is 27.9. The molecule has 0 amide bonds. The minimum absolute atomic E-state index is 1.16. The van der Waals surface area contributed by atoms with E-state index >= 15 is 0 Å². The van der Waals surface area contributed by atoms with E-state index in [1.54, 1.807) is 0 Å². The largest absolute Gasteiger partial charge is 0.0622 e. The van der Waals surface area contributed by atoms with Gasteiger partial charge in [-0.05, 0) is 91.1 Å². The van der Waals surface area contributed by atoms with Crippen LogP contribution in [0.1, 0.15) is 44.5 Å². The van der Waals surface area contributed by atoms with Crippen LogP contribution >= 0.6 is 0 Å². The van der Waals surface area contributed by atoms with E-state index in [0.29, 0.717) is 0 Å². The van der Waals surface area contributed by atoms with Gasteiger partial charge in [-0.25, -0.2) is 0 Å². The molecule has 0 atom stereocenters. The zero-order valence-electron chi connectivity index (χ0n) is 27.9. The van der Waals surface area contributed by atoms with Gasteiger partial charge in [0.05, 0.1) is 0 Å². The quantitative estimate of drug-likeness (QED) is 0.103. The van der Waals surface area contributed by atoms with E-state index < -0.39 is 0 Å². The van der Waals surface area contributed by atoms with Gasteiger partial charge in [0.25, 0.3) is 0 Å². The highest BCUT2D eigenvalue weighted by molar-refractivity contribution is 5.98. The number of rotatable bonds is 10. The Labute approximate surface area is 296 Å². The summed E-state index contributed by atoms with van der Waals surface area (Å²) in [5.41, 5.74) is 14.0. The van der Waals surface area contributed by atoms with E-state index in [1.165, 1.54) is 44.5 Å². The maximum absolute atomic E-state index is 2.33. The van der Waals surface area contributed by atoms with Gasteiger partial charge in [-0.2, -0.15) is 0 Å². The molecule has 0 unspecified atom stereocenters. The smallest absolute Gasteiger partial charge is 0.0105 e. The van der Waals surface area contributed by atoms with E-state index in [-0.39, 0.29) is 0 Å². The fourth-order valence-electron chi connectivity index (χ4n) is 6.18. The van der Waals surface area contributed by atoms with E-state index in [2.05, 4.69) is 231 Å². The predicted molar refractivity (Wildman–Crippen MR) is 215 cm³/mol. The molecular formula is C50H38. The second kappa shape index (κ2) is 16.1. The highest BCUT2D eigenvalue weighted by Gasteiger charge is 2.12. The van der Waals surface area contributed by atoms with Gasteiger partial charge < -0.3 is 0 Å².